The summed E-state index contributed by atoms with van der Waals surface area (Å²) in [6.45, 7) is -0.0482. The van der Waals surface area contributed by atoms with Crippen LogP contribution >= 0.6 is 0 Å². The van der Waals surface area contributed by atoms with Crippen LogP contribution in [0.5, 0.6) is 0 Å². The van der Waals surface area contributed by atoms with Gasteiger partial charge in [0.1, 0.15) is 24.1 Å². The van der Waals surface area contributed by atoms with Gasteiger partial charge in [0.05, 0.1) is 19.1 Å². The van der Waals surface area contributed by atoms with Gasteiger partial charge in [-0.3, -0.25) is 9.59 Å². The van der Waals surface area contributed by atoms with Crippen LogP contribution in [0.2, 0.25) is 0 Å². The molecule has 1 aliphatic rings. The highest BCUT2D eigenvalue weighted by Gasteiger charge is 2.43. The fourth-order valence-electron chi connectivity index (χ4n) is 2.49. The summed E-state index contributed by atoms with van der Waals surface area (Å²) in [7, 11) is 0. The zero-order chi connectivity index (χ0) is 18.4. The lowest BCUT2D eigenvalue weighted by molar-refractivity contribution is -0.124. The minimum absolute atomic E-state index is 0.0529. The van der Waals surface area contributed by atoms with Gasteiger partial charge >= 0.3 is 0 Å². The third-order valence-electron chi connectivity index (χ3n) is 3.79. The zero-order valence-electron chi connectivity index (χ0n) is 13.3. The zero-order valence-corrected chi connectivity index (χ0v) is 13.3. The van der Waals surface area contributed by atoms with Gasteiger partial charge in [-0.05, 0) is 18.2 Å². The quantitative estimate of drug-likeness (QED) is 0.502. The predicted octanol–water partition coefficient (Wildman–Crippen LogP) is -0.816. The van der Waals surface area contributed by atoms with Gasteiger partial charge in [0.25, 0.3) is 5.91 Å². The first-order valence-corrected chi connectivity index (χ1v) is 7.68. The largest absolute Gasteiger partial charge is 0.388 e. The summed E-state index contributed by atoms with van der Waals surface area (Å²) < 4.78 is 18.6. The van der Waals surface area contributed by atoms with Crippen molar-refractivity contribution in [1.29, 1.82) is 0 Å². The van der Waals surface area contributed by atoms with E-state index in [0.717, 1.165) is 6.07 Å². The van der Waals surface area contributed by atoms with E-state index in [9.17, 15) is 24.2 Å². The van der Waals surface area contributed by atoms with Gasteiger partial charge in [-0.1, -0.05) is 12.0 Å². The second kappa shape index (κ2) is 8.58. The monoisotopic (exact) mass is 350 g/mol. The van der Waals surface area contributed by atoms with E-state index in [0.29, 0.717) is 0 Å². The number of benzene rings is 1. The summed E-state index contributed by atoms with van der Waals surface area (Å²) in [5.74, 6) is 0.743. The molecule has 1 heterocycles. The van der Waals surface area contributed by atoms with Crippen molar-refractivity contribution in [3.8, 4) is 12.3 Å². The van der Waals surface area contributed by atoms with E-state index in [1.807, 2.05) is 0 Å². The van der Waals surface area contributed by atoms with Gasteiger partial charge in [0.15, 0.2) is 0 Å². The van der Waals surface area contributed by atoms with Crippen LogP contribution in [-0.4, -0.2) is 59.5 Å². The van der Waals surface area contributed by atoms with E-state index < -0.39 is 42.0 Å². The molecule has 134 valence electrons. The second-order valence-corrected chi connectivity index (χ2v) is 5.60. The van der Waals surface area contributed by atoms with E-state index in [4.69, 9.17) is 11.2 Å². The molecule has 4 N–H and O–H groups in total. The Bertz CT molecular complexity index is 675. The molecule has 8 heteroatoms. The highest BCUT2D eigenvalue weighted by Crippen LogP contribution is 2.23. The Labute approximate surface area is 144 Å². The van der Waals surface area contributed by atoms with E-state index in [1.54, 1.807) is 0 Å². The number of hydrogen-bond donors (Lipinski definition) is 4. The number of hydrogen-bond acceptors (Lipinski definition) is 5. The Kier molecular flexibility index (Phi) is 6.47. The lowest BCUT2D eigenvalue weighted by atomic mass is 10.1. The van der Waals surface area contributed by atoms with Crippen LogP contribution in [0.3, 0.4) is 0 Å². The molecule has 0 aromatic heterocycles. The van der Waals surface area contributed by atoms with Gasteiger partial charge in [-0.2, -0.15) is 0 Å². The van der Waals surface area contributed by atoms with Crippen LogP contribution < -0.4 is 10.6 Å². The lowest BCUT2D eigenvalue weighted by Gasteiger charge is -2.15. The van der Waals surface area contributed by atoms with E-state index in [2.05, 4.69) is 16.6 Å². The number of ether oxygens (including phenoxy) is 1. The fourth-order valence-corrected chi connectivity index (χ4v) is 2.49. The number of nitrogens with one attached hydrogen (secondary N) is 2. The van der Waals surface area contributed by atoms with Crippen molar-refractivity contribution in [2.75, 3.05) is 13.1 Å². The minimum atomic E-state index is -1.27. The molecule has 0 aliphatic carbocycles. The molecule has 1 fully saturated rings. The van der Waals surface area contributed by atoms with Crippen LogP contribution in [-0.2, 0) is 9.53 Å². The van der Waals surface area contributed by atoms with Crippen LogP contribution in [0.15, 0.2) is 24.3 Å². The molecule has 4 atom stereocenters. The molecule has 25 heavy (non-hydrogen) atoms. The fraction of sp³-hybridized carbons (Fsp3) is 0.412. The third-order valence-corrected chi connectivity index (χ3v) is 3.79. The summed E-state index contributed by atoms with van der Waals surface area (Å²) in [6.07, 6.45) is 0.520. The Morgan fingerprint density at radius 2 is 1.96 bits per heavy atom. The third kappa shape index (κ3) is 5.00. The summed E-state index contributed by atoms with van der Waals surface area (Å²) in [6, 6.07) is 5.14. The number of terminal acetylenes is 1. The molecular formula is C17H19FN2O5. The first-order valence-electron chi connectivity index (χ1n) is 7.68. The Hall–Kier alpha value is -2.47. The van der Waals surface area contributed by atoms with Crippen LogP contribution in [0.25, 0.3) is 0 Å². The molecule has 1 aromatic rings. The van der Waals surface area contributed by atoms with Crippen LogP contribution in [0.4, 0.5) is 4.39 Å². The average molecular weight is 350 g/mol. The van der Waals surface area contributed by atoms with E-state index in [1.165, 1.54) is 18.2 Å². The van der Waals surface area contributed by atoms with Gasteiger partial charge in [0.2, 0.25) is 5.91 Å². The summed E-state index contributed by atoms with van der Waals surface area (Å²) >= 11 is 0. The maximum atomic E-state index is 13.1. The standard InChI is InChI=1S/C17H19FN2O5/c1-2-6-19-14(21)8-12-15(22)16(23)13(25-12)9-20-17(24)10-4-3-5-11(18)7-10/h1,3-5,7,12-13,15-16,22-23H,6,8-9H2,(H,19,21)(H,20,24)/t12-,13-,15+,16-/m1/s1. The number of amides is 2. The molecule has 0 unspecified atom stereocenters. The number of aliphatic hydroxyl groups is 2. The highest BCUT2D eigenvalue weighted by atomic mass is 19.1. The second-order valence-electron chi connectivity index (χ2n) is 5.60. The minimum Gasteiger partial charge on any atom is -0.388 e. The van der Waals surface area contributed by atoms with Crippen LogP contribution in [0.1, 0.15) is 16.8 Å². The molecular weight excluding hydrogens is 331 g/mol. The summed E-state index contributed by atoms with van der Waals surface area (Å²) in [5.41, 5.74) is 0.123. The van der Waals surface area contributed by atoms with Gasteiger partial charge in [-0.25, -0.2) is 4.39 Å². The Morgan fingerprint density at radius 1 is 1.24 bits per heavy atom. The topological polar surface area (TPSA) is 108 Å². The highest BCUT2D eigenvalue weighted by molar-refractivity contribution is 5.94. The molecule has 2 rings (SSSR count). The van der Waals surface area contributed by atoms with Gasteiger partial charge in [-0.15, -0.1) is 6.42 Å². The SMILES string of the molecule is C#CCNC(=O)C[C@H]1O[C@H](CNC(=O)c2cccc(F)c2)[C@@H](O)[C@H]1O. The number of rotatable bonds is 6. The van der Waals surface area contributed by atoms with E-state index >= 15 is 0 Å². The lowest BCUT2D eigenvalue weighted by Crippen LogP contribution is -2.40. The maximum Gasteiger partial charge on any atom is 0.251 e. The Morgan fingerprint density at radius 3 is 2.64 bits per heavy atom. The van der Waals surface area contributed by atoms with Crippen molar-refractivity contribution in [2.45, 2.75) is 30.8 Å². The van der Waals surface area contributed by atoms with Crippen molar-refractivity contribution in [3.05, 3.63) is 35.6 Å². The van der Waals surface area contributed by atoms with Crippen LogP contribution in [0, 0.1) is 18.2 Å². The normalized spacial score (nSPS) is 25.2. The van der Waals surface area contributed by atoms with Crippen molar-refractivity contribution in [2.24, 2.45) is 0 Å². The van der Waals surface area contributed by atoms with Crippen molar-refractivity contribution >= 4 is 11.8 Å². The predicted molar refractivity (Wildman–Crippen MR) is 85.9 cm³/mol. The average Bonchev–Trinajstić information content (AvgIpc) is 2.85. The summed E-state index contributed by atoms with van der Waals surface area (Å²) in [5, 5.41) is 24.9. The van der Waals surface area contributed by atoms with Crippen molar-refractivity contribution in [1.82, 2.24) is 10.6 Å². The molecule has 7 nitrogen and oxygen atoms in total. The molecule has 1 saturated heterocycles. The smallest absolute Gasteiger partial charge is 0.251 e. The van der Waals surface area contributed by atoms with Crippen molar-refractivity contribution < 1.29 is 28.9 Å². The first-order chi connectivity index (χ1) is 11.9. The van der Waals surface area contributed by atoms with E-state index in [-0.39, 0.29) is 25.1 Å². The van der Waals surface area contributed by atoms with Crippen molar-refractivity contribution in [3.63, 3.8) is 0 Å². The number of halogens is 1. The molecule has 1 aliphatic heterocycles. The van der Waals surface area contributed by atoms with Gasteiger partial charge in [0, 0.05) is 12.1 Å². The number of aliphatic hydroxyl groups excluding tert-OH is 2. The number of carbonyl (C=O) groups is 2. The van der Waals surface area contributed by atoms with Gasteiger partial charge < -0.3 is 25.6 Å². The Balaban J connectivity index is 1.87. The maximum absolute atomic E-state index is 13.1. The molecule has 0 radical (unpaired) electrons. The molecule has 0 spiro atoms. The molecule has 2 amide bonds. The number of carbonyl (C=O) groups excluding carboxylic acids is 2. The first kappa shape index (κ1) is 18.9. The molecule has 1 aromatic carbocycles. The summed E-state index contributed by atoms with van der Waals surface area (Å²) in [4.78, 5) is 23.6. The molecule has 0 bridgehead atoms. The molecule has 0 saturated carbocycles.